The number of aliphatic carboxylic acids is 1. The summed E-state index contributed by atoms with van der Waals surface area (Å²) in [5.41, 5.74) is 0.426. The Morgan fingerprint density at radius 3 is 2.48 bits per heavy atom. The number of carboxylic acids is 1. The number of imide groups is 1. The first-order valence-electron chi connectivity index (χ1n) is 6.68. The van der Waals surface area contributed by atoms with Gasteiger partial charge in [0.25, 0.3) is 0 Å². The fourth-order valence-electron chi connectivity index (χ4n) is 1.68. The molecular weight excluding hydrogens is 272 g/mol. The lowest BCUT2D eigenvalue weighted by Gasteiger charge is -2.17. The van der Waals surface area contributed by atoms with Crippen molar-refractivity contribution in [3.05, 3.63) is 29.8 Å². The third-order valence-electron chi connectivity index (χ3n) is 3.03. The molecule has 6 heteroatoms. The van der Waals surface area contributed by atoms with E-state index in [0.29, 0.717) is 5.69 Å². The lowest BCUT2D eigenvalue weighted by Crippen LogP contribution is -2.38. The molecule has 0 aliphatic heterocycles. The number of urea groups is 1. The third-order valence-corrected chi connectivity index (χ3v) is 3.03. The summed E-state index contributed by atoms with van der Waals surface area (Å²) in [7, 11) is 0. The number of hydrogen-bond donors (Lipinski definition) is 3. The minimum atomic E-state index is -1.22. The number of anilines is 1. The van der Waals surface area contributed by atoms with Crippen LogP contribution in [0.2, 0.25) is 0 Å². The minimum absolute atomic E-state index is 0.273. The summed E-state index contributed by atoms with van der Waals surface area (Å²) in [6, 6.07) is 6.60. The molecule has 6 nitrogen and oxygen atoms in total. The van der Waals surface area contributed by atoms with Crippen molar-refractivity contribution in [2.75, 3.05) is 5.32 Å². The quantitative estimate of drug-likeness (QED) is 0.776. The van der Waals surface area contributed by atoms with Crippen LogP contribution in [-0.4, -0.2) is 23.0 Å². The summed E-state index contributed by atoms with van der Waals surface area (Å²) in [5.74, 6) is -1.72. The Labute approximate surface area is 123 Å². The van der Waals surface area contributed by atoms with Gasteiger partial charge in [0.2, 0.25) is 5.91 Å². The Bertz CT molecular complexity index is 552. The van der Waals surface area contributed by atoms with Crippen molar-refractivity contribution in [2.45, 2.75) is 33.6 Å². The monoisotopic (exact) mass is 292 g/mol. The average Bonchev–Trinajstić information content (AvgIpc) is 2.37. The lowest BCUT2D eigenvalue weighted by atomic mass is 9.89. The predicted molar refractivity (Wildman–Crippen MR) is 79.0 cm³/mol. The topological polar surface area (TPSA) is 95.5 Å². The van der Waals surface area contributed by atoms with Crippen LogP contribution in [0.4, 0.5) is 10.5 Å². The zero-order valence-electron chi connectivity index (χ0n) is 12.4. The highest BCUT2D eigenvalue weighted by atomic mass is 16.4. The lowest BCUT2D eigenvalue weighted by molar-refractivity contribution is -0.149. The van der Waals surface area contributed by atoms with Crippen molar-refractivity contribution in [1.29, 1.82) is 0 Å². The molecule has 0 heterocycles. The second kappa shape index (κ2) is 6.88. The molecule has 0 aromatic heterocycles. The zero-order chi connectivity index (χ0) is 16.0. The Balaban J connectivity index is 2.57. The molecule has 1 rings (SSSR count). The molecule has 3 N–H and O–H groups in total. The molecule has 0 saturated carbocycles. The van der Waals surface area contributed by atoms with Gasteiger partial charge in [0.1, 0.15) is 0 Å². The largest absolute Gasteiger partial charge is 0.481 e. The highest BCUT2D eigenvalue weighted by Gasteiger charge is 2.30. The molecule has 114 valence electrons. The van der Waals surface area contributed by atoms with Crippen LogP contribution in [0.25, 0.3) is 0 Å². The van der Waals surface area contributed by atoms with Gasteiger partial charge >= 0.3 is 12.0 Å². The average molecular weight is 292 g/mol. The van der Waals surface area contributed by atoms with Crippen molar-refractivity contribution < 1.29 is 19.5 Å². The summed E-state index contributed by atoms with van der Waals surface area (Å²) in [6.45, 7) is 4.85. The number of amides is 3. The van der Waals surface area contributed by atoms with Crippen LogP contribution < -0.4 is 10.6 Å². The van der Waals surface area contributed by atoms with Gasteiger partial charge in [-0.2, -0.15) is 0 Å². The molecule has 21 heavy (non-hydrogen) atoms. The summed E-state index contributed by atoms with van der Waals surface area (Å²) >= 11 is 0. The molecule has 0 aliphatic carbocycles. The Hall–Kier alpha value is -2.37. The van der Waals surface area contributed by atoms with Gasteiger partial charge in [0.15, 0.2) is 0 Å². The van der Waals surface area contributed by atoms with Gasteiger partial charge < -0.3 is 10.4 Å². The number of carbonyl (C=O) groups is 3. The second-order valence-corrected chi connectivity index (χ2v) is 5.42. The van der Waals surface area contributed by atoms with E-state index in [4.69, 9.17) is 5.11 Å². The maximum Gasteiger partial charge on any atom is 0.325 e. The highest BCUT2D eigenvalue weighted by molar-refractivity contribution is 6.02. The third kappa shape index (κ3) is 5.25. The molecule has 0 spiro atoms. The van der Waals surface area contributed by atoms with Crippen LogP contribution in [0.15, 0.2) is 24.3 Å². The van der Waals surface area contributed by atoms with Gasteiger partial charge in [-0.25, -0.2) is 4.79 Å². The first kappa shape index (κ1) is 16.7. The molecule has 0 atom stereocenters. The van der Waals surface area contributed by atoms with Gasteiger partial charge in [-0.3, -0.25) is 14.9 Å². The summed E-state index contributed by atoms with van der Waals surface area (Å²) in [6.07, 6.45) is 0.563. The maximum absolute atomic E-state index is 11.7. The Kier molecular flexibility index (Phi) is 5.46. The van der Waals surface area contributed by atoms with E-state index >= 15 is 0 Å². The van der Waals surface area contributed by atoms with Gasteiger partial charge in [0, 0.05) is 12.1 Å². The number of nitrogens with one attached hydrogen (secondary N) is 2. The Morgan fingerprint density at radius 1 is 1.24 bits per heavy atom. The van der Waals surface area contributed by atoms with Crippen molar-refractivity contribution in [3.63, 3.8) is 0 Å². The predicted octanol–water partition coefficient (Wildman–Crippen LogP) is 2.40. The SMILES string of the molecule is CCc1cccc(NC(=O)NC(=O)CC(C)(C)C(=O)O)c1. The minimum Gasteiger partial charge on any atom is -0.481 e. The van der Waals surface area contributed by atoms with E-state index in [0.717, 1.165) is 12.0 Å². The molecule has 1 aromatic rings. The van der Waals surface area contributed by atoms with E-state index in [-0.39, 0.29) is 6.42 Å². The maximum atomic E-state index is 11.7. The number of aryl methyl sites for hydroxylation is 1. The molecule has 0 saturated heterocycles. The van der Waals surface area contributed by atoms with Crippen LogP contribution in [0.1, 0.15) is 32.8 Å². The van der Waals surface area contributed by atoms with Gasteiger partial charge in [-0.05, 0) is 38.0 Å². The van der Waals surface area contributed by atoms with Gasteiger partial charge in [-0.1, -0.05) is 19.1 Å². The van der Waals surface area contributed by atoms with E-state index in [1.54, 1.807) is 6.07 Å². The first-order chi connectivity index (χ1) is 9.74. The molecule has 3 amide bonds. The molecule has 0 bridgehead atoms. The van der Waals surface area contributed by atoms with E-state index in [1.165, 1.54) is 13.8 Å². The molecule has 0 radical (unpaired) electrons. The number of carboxylic acid groups (broad SMARTS) is 1. The van der Waals surface area contributed by atoms with Gasteiger partial charge in [0.05, 0.1) is 5.41 Å². The van der Waals surface area contributed by atoms with Gasteiger partial charge in [-0.15, -0.1) is 0 Å². The normalized spacial score (nSPS) is 10.8. The zero-order valence-corrected chi connectivity index (χ0v) is 12.4. The fraction of sp³-hybridized carbons (Fsp3) is 0.400. The highest BCUT2D eigenvalue weighted by Crippen LogP contribution is 2.20. The number of rotatable bonds is 5. The van der Waals surface area contributed by atoms with Crippen molar-refractivity contribution in [1.82, 2.24) is 5.32 Å². The fourth-order valence-corrected chi connectivity index (χ4v) is 1.68. The van der Waals surface area contributed by atoms with E-state index in [2.05, 4.69) is 10.6 Å². The van der Waals surface area contributed by atoms with E-state index in [9.17, 15) is 14.4 Å². The smallest absolute Gasteiger partial charge is 0.325 e. The van der Waals surface area contributed by atoms with E-state index in [1.807, 2.05) is 25.1 Å². The first-order valence-corrected chi connectivity index (χ1v) is 6.68. The van der Waals surface area contributed by atoms with Crippen LogP contribution in [0.3, 0.4) is 0 Å². The van der Waals surface area contributed by atoms with Crippen LogP contribution >= 0.6 is 0 Å². The molecule has 0 unspecified atom stereocenters. The Morgan fingerprint density at radius 2 is 1.90 bits per heavy atom. The number of hydrogen-bond acceptors (Lipinski definition) is 3. The van der Waals surface area contributed by atoms with E-state index < -0.39 is 23.3 Å². The molecule has 0 aliphatic rings. The number of benzene rings is 1. The van der Waals surface area contributed by atoms with Crippen molar-refractivity contribution in [3.8, 4) is 0 Å². The summed E-state index contributed by atoms with van der Waals surface area (Å²) in [5, 5.41) is 13.6. The van der Waals surface area contributed by atoms with Crippen LogP contribution in [0.5, 0.6) is 0 Å². The molecular formula is C15H20N2O4. The summed E-state index contributed by atoms with van der Waals surface area (Å²) in [4.78, 5) is 34.3. The van der Waals surface area contributed by atoms with Crippen LogP contribution in [-0.2, 0) is 16.0 Å². The van der Waals surface area contributed by atoms with Crippen molar-refractivity contribution in [2.24, 2.45) is 5.41 Å². The van der Waals surface area contributed by atoms with Crippen molar-refractivity contribution >= 4 is 23.6 Å². The standard InChI is InChI=1S/C15H20N2O4/c1-4-10-6-5-7-11(8-10)16-14(21)17-12(18)9-15(2,3)13(19)20/h5-8H,4,9H2,1-3H3,(H,19,20)(H2,16,17,18,21). The number of carbonyl (C=O) groups excluding carboxylic acids is 2. The second-order valence-electron chi connectivity index (χ2n) is 5.42. The molecule has 0 fully saturated rings. The molecule has 1 aromatic carbocycles. The van der Waals surface area contributed by atoms with Crippen LogP contribution in [0, 0.1) is 5.41 Å². The summed E-state index contributed by atoms with van der Waals surface area (Å²) < 4.78 is 0.